The summed E-state index contributed by atoms with van der Waals surface area (Å²) in [4.78, 5) is 2.97. The van der Waals surface area contributed by atoms with Crippen LogP contribution in [0.2, 0.25) is 0 Å². The summed E-state index contributed by atoms with van der Waals surface area (Å²) in [7, 11) is 0. The molecule has 0 aliphatic carbocycles. The molecule has 0 bridgehead atoms. The smallest absolute Gasteiger partial charge is 0.242 e. The quantitative estimate of drug-likeness (QED) is 0.641. The number of nitrogens with one attached hydrogen (secondary N) is 1. The van der Waals surface area contributed by atoms with Crippen molar-refractivity contribution in [2.24, 2.45) is 0 Å². The topological polar surface area (TPSA) is 19.7 Å². The van der Waals surface area contributed by atoms with Gasteiger partial charge in [-0.05, 0) is 17.7 Å². The third-order valence-corrected chi connectivity index (χ3v) is 2.50. The molecule has 0 saturated heterocycles. The summed E-state index contributed by atoms with van der Waals surface area (Å²) in [5, 5.41) is 0. The highest BCUT2D eigenvalue weighted by Crippen LogP contribution is 2.04. The summed E-state index contributed by atoms with van der Waals surface area (Å²) in [6, 6.07) is 6.56. The van der Waals surface area contributed by atoms with Gasteiger partial charge in [0, 0.05) is 0 Å². The molecule has 1 aromatic carbocycles. The van der Waals surface area contributed by atoms with Crippen molar-refractivity contribution in [1.82, 2.24) is 4.98 Å². The molecular weight excluding hydrogens is 263 g/mol. The van der Waals surface area contributed by atoms with Gasteiger partial charge in [-0.3, -0.25) is 0 Å². The first-order valence-corrected chi connectivity index (χ1v) is 7.18. The van der Waals surface area contributed by atoms with Crippen molar-refractivity contribution >= 4 is 11.6 Å². The van der Waals surface area contributed by atoms with Gasteiger partial charge in [0.1, 0.15) is 18.6 Å². The average molecular weight is 286 g/mol. The molecule has 2 rings (SSSR count). The van der Waals surface area contributed by atoms with Crippen molar-refractivity contribution in [2.75, 3.05) is 0 Å². The van der Waals surface area contributed by atoms with Crippen LogP contribution in [0.1, 0.15) is 39.0 Å². The Labute approximate surface area is 120 Å². The van der Waals surface area contributed by atoms with Gasteiger partial charge in [-0.25, -0.2) is 13.9 Å². The van der Waals surface area contributed by atoms with Crippen molar-refractivity contribution < 1.29 is 8.96 Å². The zero-order valence-electron chi connectivity index (χ0n) is 12.1. The fraction of sp³-hybridized carbons (Fsp3) is 0.400. The highest BCUT2D eigenvalue weighted by molar-refractivity contribution is 6.16. The molecule has 0 atom stereocenters. The van der Waals surface area contributed by atoms with Gasteiger partial charge in [0.2, 0.25) is 6.33 Å². The lowest BCUT2D eigenvalue weighted by molar-refractivity contribution is -0.693. The van der Waals surface area contributed by atoms with Gasteiger partial charge >= 0.3 is 0 Å². The third kappa shape index (κ3) is 5.88. The van der Waals surface area contributed by atoms with Gasteiger partial charge in [-0.1, -0.05) is 39.8 Å². The minimum absolute atomic E-state index is 0.212. The number of aromatic amines is 1. The first-order chi connectivity index (χ1) is 9.29. The van der Waals surface area contributed by atoms with E-state index in [-0.39, 0.29) is 5.82 Å². The Bertz CT molecular complexity index is 455. The molecule has 1 N–H and O–H groups in total. The second-order valence-corrected chi connectivity index (χ2v) is 3.59. The second kappa shape index (κ2) is 10.6. The van der Waals surface area contributed by atoms with Crippen molar-refractivity contribution in [3.05, 3.63) is 53.9 Å². The van der Waals surface area contributed by atoms with Crippen LogP contribution >= 0.6 is 11.6 Å². The van der Waals surface area contributed by atoms with E-state index in [0.717, 1.165) is 11.3 Å². The molecule has 0 aliphatic rings. The zero-order valence-corrected chi connectivity index (χ0v) is 12.8. The van der Waals surface area contributed by atoms with Gasteiger partial charge in [0.25, 0.3) is 0 Å². The van der Waals surface area contributed by atoms with Crippen molar-refractivity contribution in [3.63, 3.8) is 0 Å². The molecule has 1 heterocycles. The lowest BCUT2D eigenvalue weighted by Gasteiger charge is -2.00. The summed E-state index contributed by atoms with van der Waals surface area (Å²) in [5.41, 5.74) is 1.91. The van der Waals surface area contributed by atoms with Gasteiger partial charge in [-0.2, -0.15) is 0 Å². The van der Waals surface area contributed by atoms with Crippen molar-refractivity contribution in [3.8, 4) is 0 Å². The van der Waals surface area contributed by atoms with Gasteiger partial charge in [0.15, 0.2) is 5.69 Å². The summed E-state index contributed by atoms with van der Waals surface area (Å²) in [6.45, 7) is 8.63. The number of alkyl halides is 1. The van der Waals surface area contributed by atoms with E-state index in [1.54, 1.807) is 6.07 Å². The lowest BCUT2D eigenvalue weighted by Crippen LogP contribution is -2.35. The van der Waals surface area contributed by atoms with E-state index >= 15 is 0 Å². The summed E-state index contributed by atoms with van der Waals surface area (Å²) < 4.78 is 14.9. The Kier molecular flexibility index (Phi) is 9.81. The van der Waals surface area contributed by atoms with Crippen LogP contribution in [0.4, 0.5) is 4.39 Å². The first-order valence-electron chi connectivity index (χ1n) is 6.65. The highest BCUT2D eigenvalue weighted by Gasteiger charge is 2.08. The number of hydrogen-bond acceptors (Lipinski definition) is 0. The zero-order chi connectivity index (χ0) is 14.7. The Hall–Kier alpha value is -1.35. The molecule has 4 heteroatoms. The minimum Gasteiger partial charge on any atom is -0.250 e. The van der Waals surface area contributed by atoms with E-state index in [9.17, 15) is 4.39 Å². The molecule has 0 unspecified atom stereocenters. The summed E-state index contributed by atoms with van der Waals surface area (Å²) in [5.74, 6) is 0.231. The van der Waals surface area contributed by atoms with E-state index in [4.69, 9.17) is 11.6 Å². The van der Waals surface area contributed by atoms with Crippen LogP contribution in [0, 0.1) is 5.82 Å². The van der Waals surface area contributed by atoms with Crippen LogP contribution in [0.15, 0.2) is 36.8 Å². The molecule has 0 spiro atoms. The number of imidazole rings is 1. The lowest BCUT2D eigenvalue weighted by atomic mass is 10.2. The van der Waals surface area contributed by atoms with E-state index in [0.29, 0.717) is 12.4 Å². The fourth-order valence-electron chi connectivity index (χ4n) is 1.48. The average Bonchev–Trinajstić information content (AvgIpc) is 2.90. The van der Waals surface area contributed by atoms with E-state index in [1.165, 1.54) is 12.1 Å². The highest BCUT2D eigenvalue weighted by atomic mass is 35.5. The molecule has 0 saturated carbocycles. The number of rotatable bonds is 3. The Balaban J connectivity index is 0.000000741. The molecule has 0 aliphatic heterocycles. The van der Waals surface area contributed by atoms with Crippen molar-refractivity contribution in [1.29, 1.82) is 0 Å². The van der Waals surface area contributed by atoms with Crippen LogP contribution in [0.3, 0.4) is 0 Å². The van der Waals surface area contributed by atoms with Crippen LogP contribution in [0.25, 0.3) is 0 Å². The standard InChI is InChI=1S/C11H10ClFN2.2C2H6/c12-5-11-6-14-8-15(11)7-9-2-1-3-10(13)4-9;2*1-2/h1-4,6,8H,5,7H2;2*1-2H3/p+1. The number of halogens is 2. The third-order valence-electron chi connectivity index (χ3n) is 2.23. The van der Waals surface area contributed by atoms with E-state index in [2.05, 4.69) is 4.98 Å². The molecule has 106 valence electrons. The predicted molar refractivity (Wildman–Crippen MR) is 78.7 cm³/mol. The predicted octanol–water partition coefficient (Wildman–Crippen LogP) is 4.28. The molecule has 0 amide bonds. The van der Waals surface area contributed by atoms with Gasteiger partial charge in [-0.15, -0.1) is 11.6 Å². The van der Waals surface area contributed by atoms with Crippen LogP contribution in [-0.4, -0.2) is 4.98 Å². The molecule has 2 nitrogen and oxygen atoms in total. The van der Waals surface area contributed by atoms with E-state index < -0.39 is 0 Å². The van der Waals surface area contributed by atoms with Crippen LogP contribution < -0.4 is 4.57 Å². The second-order valence-electron chi connectivity index (χ2n) is 3.32. The number of aromatic nitrogens is 2. The molecule has 1 aromatic heterocycles. The normalized spacial score (nSPS) is 8.95. The number of benzene rings is 1. The number of nitrogens with zero attached hydrogens (tertiary/aromatic N) is 1. The molecular formula is C15H23ClFN2+. The molecule has 2 aromatic rings. The first kappa shape index (κ1) is 17.6. The number of hydrogen-bond donors (Lipinski definition) is 1. The van der Waals surface area contributed by atoms with Gasteiger partial charge < -0.3 is 0 Å². The number of H-pyrrole nitrogens is 1. The monoisotopic (exact) mass is 285 g/mol. The van der Waals surface area contributed by atoms with Crippen molar-refractivity contribution in [2.45, 2.75) is 40.1 Å². The minimum atomic E-state index is -0.212. The molecule has 0 fully saturated rings. The SMILES string of the molecule is CC.CC.Fc1cccc(C[n+]2c[nH]cc2CCl)c1. The van der Waals surface area contributed by atoms with E-state index in [1.807, 2.05) is 50.9 Å². The Morgan fingerprint density at radius 1 is 1.21 bits per heavy atom. The molecule has 19 heavy (non-hydrogen) atoms. The van der Waals surface area contributed by atoms with Crippen LogP contribution in [0.5, 0.6) is 0 Å². The summed E-state index contributed by atoms with van der Waals surface area (Å²) in [6.07, 6.45) is 3.66. The Morgan fingerprint density at radius 2 is 1.89 bits per heavy atom. The molecule has 0 radical (unpaired) electrons. The Morgan fingerprint density at radius 3 is 2.47 bits per heavy atom. The maximum Gasteiger partial charge on any atom is 0.242 e. The van der Waals surface area contributed by atoms with Gasteiger partial charge in [0.05, 0.1) is 5.88 Å². The van der Waals surface area contributed by atoms with Crippen LogP contribution in [-0.2, 0) is 12.4 Å². The largest absolute Gasteiger partial charge is 0.250 e. The fourth-order valence-corrected chi connectivity index (χ4v) is 1.71. The summed E-state index contributed by atoms with van der Waals surface area (Å²) >= 11 is 5.76. The maximum absolute atomic E-state index is 12.9. The maximum atomic E-state index is 12.9.